The van der Waals surface area contributed by atoms with Gasteiger partial charge in [0, 0.05) is 12.3 Å². The van der Waals surface area contributed by atoms with Crippen LogP contribution < -0.4 is 4.74 Å². The Kier molecular flexibility index (Phi) is 2.22. The highest BCUT2D eigenvalue weighted by Gasteiger charge is 2.05. The van der Waals surface area contributed by atoms with Crippen molar-refractivity contribution in [3.05, 3.63) is 22.9 Å². The highest BCUT2D eigenvalue weighted by Crippen LogP contribution is 2.26. The monoisotopic (exact) mass is 240 g/mol. The molecule has 2 aromatic rings. The molecule has 0 atom stereocenters. The van der Waals surface area contributed by atoms with Gasteiger partial charge in [0.2, 0.25) is 0 Å². The molecule has 0 radical (unpaired) electrons. The molecule has 0 fully saturated rings. The van der Waals surface area contributed by atoms with Crippen molar-refractivity contribution in [2.45, 2.75) is 6.92 Å². The van der Waals surface area contributed by atoms with Crippen molar-refractivity contribution in [2.24, 2.45) is 0 Å². The summed E-state index contributed by atoms with van der Waals surface area (Å²) in [6.45, 7) is 2.63. The first-order valence-corrected chi connectivity index (χ1v) is 4.87. The molecule has 0 saturated heterocycles. The van der Waals surface area contributed by atoms with Crippen LogP contribution in [0.25, 0.3) is 11.0 Å². The van der Waals surface area contributed by atoms with Gasteiger partial charge in [-0.05, 0) is 28.9 Å². The Bertz CT molecular complexity index is 424. The maximum atomic E-state index is 5.47. The van der Waals surface area contributed by atoms with Crippen LogP contribution in [-0.2, 0) is 0 Å². The van der Waals surface area contributed by atoms with E-state index in [-0.39, 0.29) is 0 Å². The molecule has 0 aliphatic heterocycles. The van der Waals surface area contributed by atoms with Gasteiger partial charge in [-0.25, -0.2) is 4.98 Å². The second kappa shape index (κ2) is 3.38. The van der Waals surface area contributed by atoms with E-state index in [9.17, 15) is 0 Å². The number of nitrogens with zero attached hydrogens (tertiary/aromatic N) is 1. The largest absolute Gasteiger partial charge is 0.493 e. The fourth-order valence-electron chi connectivity index (χ4n) is 1.25. The van der Waals surface area contributed by atoms with Crippen LogP contribution in [0.1, 0.15) is 6.92 Å². The van der Waals surface area contributed by atoms with Crippen molar-refractivity contribution < 1.29 is 4.74 Å². The summed E-state index contributed by atoms with van der Waals surface area (Å²) in [5.74, 6) is 0.862. The zero-order valence-corrected chi connectivity index (χ0v) is 8.76. The number of aromatic nitrogens is 2. The van der Waals surface area contributed by atoms with Gasteiger partial charge in [0.15, 0.2) is 0 Å². The van der Waals surface area contributed by atoms with Gasteiger partial charge in [0.05, 0.1) is 12.0 Å². The smallest absolute Gasteiger partial charge is 0.142 e. The van der Waals surface area contributed by atoms with Crippen LogP contribution in [0.15, 0.2) is 22.9 Å². The molecule has 2 rings (SSSR count). The second-order valence-corrected chi connectivity index (χ2v) is 3.43. The van der Waals surface area contributed by atoms with Crippen LogP contribution in [0, 0.1) is 0 Å². The summed E-state index contributed by atoms with van der Waals surface area (Å²) in [6.07, 6.45) is 1.85. The van der Waals surface area contributed by atoms with Gasteiger partial charge in [0.1, 0.15) is 16.0 Å². The van der Waals surface area contributed by atoms with Crippen molar-refractivity contribution in [1.82, 2.24) is 9.97 Å². The summed E-state index contributed by atoms with van der Waals surface area (Å²) in [5.41, 5.74) is 0.845. The standard InChI is InChI=1S/C9H9BrN2O/c1-2-13-7-5-8(10)12-9-6(7)3-4-11-9/h3-5H,2H2,1H3,(H,11,12). The molecule has 0 unspecified atom stereocenters. The van der Waals surface area contributed by atoms with Gasteiger partial charge >= 0.3 is 0 Å². The summed E-state index contributed by atoms with van der Waals surface area (Å²) in [5, 5.41) is 1.02. The number of fused-ring (bicyclic) bond motifs is 1. The summed E-state index contributed by atoms with van der Waals surface area (Å²) in [6, 6.07) is 3.83. The molecule has 0 amide bonds. The number of hydrogen-bond donors (Lipinski definition) is 1. The van der Waals surface area contributed by atoms with Crippen molar-refractivity contribution in [3.8, 4) is 5.75 Å². The summed E-state index contributed by atoms with van der Waals surface area (Å²) in [4.78, 5) is 7.30. The summed E-state index contributed by atoms with van der Waals surface area (Å²) in [7, 11) is 0. The summed E-state index contributed by atoms with van der Waals surface area (Å²) >= 11 is 3.33. The molecular formula is C9H9BrN2O. The van der Waals surface area contributed by atoms with Crippen LogP contribution >= 0.6 is 15.9 Å². The molecule has 0 aliphatic carbocycles. The normalized spacial score (nSPS) is 10.6. The lowest BCUT2D eigenvalue weighted by Gasteiger charge is -2.04. The van der Waals surface area contributed by atoms with Crippen molar-refractivity contribution in [1.29, 1.82) is 0 Å². The van der Waals surface area contributed by atoms with Gasteiger partial charge < -0.3 is 9.72 Å². The Morgan fingerprint density at radius 3 is 3.23 bits per heavy atom. The van der Waals surface area contributed by atoms with E-state index < -0.39 is 0 Å². The third kappa shape index (κ3) is 1.54. The minimum Gasteiger partial charge on any atom is -0.493 e. The molecule has 0 spiro atoms. The summed E-state index contributed by atoms with van der Waals surface area (Å²) < 4.78 is 6.25. The number of rotatable bonds is 2. The number of ether oxygens (including phenoxy) is 1. The molecule has 0 bridgehead atoms. The lowest BCUT2D eigenvalue weighted by Crippen LogP contribution is -1.92. The number of H-pyrrole nitrogens is 1. The van der Waals surface area contributed by atoms with E-state index in [1.807, 2.05) is 25.3 Å². The van der Waals surface area contributed by atoms with Crippen LogP contribution in [0.5, 0.6) is 5.75 Å². The first-order chi connectivity index (χ1) is 6.31. The fourth-order valence-corrected chi connectivity index (χ4v) is 1.64. The number of aromatic amines is 1. The lowest BCUT2D eigenvalue weighted by molar-refractivity contribution is 0.344. The molecule has 0 aromatic carbocycles. The molecule has 0 aliphatic rings. The van der Waals surface area contributed by atoms with Crippen LogP contribution in [-0.4, -0.2) is 16.6 Å². The van der Waals surface area contributed by atoms with Gasteiger partial charge in [-0.2, -0.15) is 0 Å². The van der Waals surface area contributed by atoms with Gasteiger partial charge in [-0.1, -0.05) is 0 Å². The van der Waals surface area contributed by atoms with Crippen molar-refractivity contribution >= 4 is 27.0 Å². The van der Waals surface area contributed by atoms with E-state index >= 15 is 0 Å². The zero-order valence-electron chi connectivity index (χ0n) is 7.17. The first kappa shape index (κ1) is 8.56. The first-order valence-electron chi connectivity index (χ1n) is 4.07. The van der Waals surface area contributed by atoms with E-state index in [0.29, 0.717) is 6.61 Å². The minimum absolute atomic E-state index is 0.663. The maximum Gasteiger partial charge on any atom is 0.142 e. The van der Waals surface area contributed by atoms with E-state index in [2.05, 4.69) is 25.9 Å². The van der Waals surface area contributed by atoms with E-state index in [1.165, 1.54) is 0 Å². The highest BCUT2D eigenvalue weighted by atomic mass is 79.9. The third-order valence-electron chi connectivity index (χ3n) is 1.76. The predicted octanol–water partition coefficient (Wildman–Crippen LogP) is 2.72. The average molecular weight is 241 g/mol. The number of halogens is 1. The SMILES string of the molecule is CCOc1cc(Br)nc2[nH]ccc12. The fraction of sp³-hybridized carbons (Fsp3) is 0.222. The van der Waals surface area contributed by atoms with Crippen molar-refractivity contribution in [2.75, 3.05) is 6.61 Å². The van der Waals surface area contributed by atoms with Gasteiger partial charge in [0.25, 0.3) is 0 Å². The molecule has 3 nitrogen and oxygen atoms in total. The number of pyridine rings is 1. The average Bonchev–Trinajstić information content (AvgIpc) is 2.52. The Hall–Kier alpha value is -1.03. The Morgan fingerprint density at radius 2 is 2.46 bits per heavy atom. The van der Waals surface area contributed by atoms with Gasteiger partial charge in [-0.3, -0.25) is 0 Å². The van der Waals surface area contributed by atoms with Crippen LogP contribution in [0.4, 0.5) is 0 Å². The zero-order chi connectivity index (χ0) is 9.26. The molecule has 13 heavy (non-hydrogen) atoms. The van der Waals surface area contributed by atoms with Crippen molar-refractivity contribution in [3.63, 3.8) is 0 Å². The minimum atomic E-state index is 0.663. The maximum absolute atomic E-state index is 5.47. The molecule has 0 saturated carbocycles. The molecule has 68 valence electrons. The van der Waals surface area contributed by atoms with Crippen LogP contribution in [0.2, 0.25) is 0 Å². The van der Waals surface area contributed by atoms with Gasteiger partial charge in [-0.15, -0.1) is 0 Å². The number of nitrogens with one attached hydrogen (secondary N) is 1. The highest BCUT2D eigenvalue weighted by molar-refractivity contribution is 9.10. The lowest BCUT2D eigenvalue weighted by atomic mass is 10.3. The number of hydrogen-bond acceptors (Lipinski definition) is 2. The third-order valence-corrected chi connectivity index (χ3v) is 2.17. The molecular weight excluding hydrogens is 232 g/mol. The Balaban J connectivity index is 2.63. The van der Waals surface area contributed by atoms with E-state index in [4.69, 9.17) is 4.74 Å². The quantitative estimate of drug-likeness (QED) is 0.821. The van der Waals surface area contributed by atoms with E-state index in [1.54, 1.807) is 0 Å². The predicted molar refractivity (Wildman–Crippen MR) is 55.0 cm³/mol. The molecule has 4 heteroatoms. The Labute approximate surface area is 84.3 Å². The second-order valence-electron chi connectivity index (χ2n) is 2.62. The topological polar surface area (TPSA) is 37.9 Å². The molecule has 1 N–H and O–H groups in total. The Morgan fingerprint density at radius 1 is 1.62 bits per heavy atom. The molecule has 2 heterocycles. The van der Waals surface area contributed by atoms with Crippen LogP contribution in [0.3, 0.4) is 0 Å². The van der Waals surface area contributed by atoms with E-state index in [0.717, 1.165) is 21.4 Å². The molecule has 2 aromatic heterocycles.